The van der Waals surface area contributed by atoms with Gasteiger partial charge in [-0.15, -0.1) is 0 Å². The summed E-state index contributed by atoms with van der Waals surface area (Å²) in [5, 5.41) is 10.7. The van der Waals surface area contributed by atoms with Gasteiger partial charge in [0.05, 0.1) is 0 Å². The Labute approximate surface area is 125 Å². The summed E-state index contributed by atoms with van der Waals surface area (Å²) >= 11 is 1.83. The molecule has 0 aromatic rings. The molecule has 3 saturated heterocycles. The molecule has 0 aromatic heterocycles. The highest BCUT2D eigenvalue weighted by Crippen LogP contribution is 2.46. The quantitative estimate of drug-likeness (QED) is 0.800. The SMILES string of the molecule is CC1N(C(=O)C2(O)CCSCC2)CCC12CCOCC2. The monoisotopic (exact) mass is 299 g/mol. The molecule has 20 heavy (non-hydrogen) atoms. The molecule has 1 amide bonds. The molecule has 3 aliphatic rings. The molecular formula is C15H25NO3S. The zero-order chi connectivity index (χ0) is 14.2. The zero-order valence-corrected chi connectivity index (χ0v) is 13.1. The van der Waals surface area contributed by atoms with E-state index < -0.39 is 5.60 Å². The molecule has 5 heteroatoms. The topological polar surface area (TPSA) is 49.8 Å². The molecule has 3 heterocycles. The van der Waals surface area contributed by atoms with Crippen LogP contribution in [0.2, 0.25) is 0 Å². The van der Waals surface area contributed by atoms with E-state index in [0.29, 0.717) is 12.8 Å². The summed E-state index contributed by atoms with van der Waals surface area (Å²) in [6, 6.07) is 0.234. The molecule has 0 radical (unpaired) electrons. The van der Waals surface area contributed by atoms with E-state index in [1.807, 2.05) is 16.7 Å². The van der Waals surface area contributed by atoms with Crippen molar-refractivity contribution in [3.05, 3.63) is 0 Å². The molecule has 1 spiro atoms. The van der Waals surface area contributed by atoms with Crippen molar-refractivity contribution in [1.82, 2.24) is 4.90 Å². The fourth-order valence-corrected chi connectivity index (χ4v) is 5.16. The molecule has 3 rings (SSSR count). The molecule has 0 saturated carbocycles. The predicted molar refractivity (Wildman–Crippen MR) is 79.8 cm³/mol. The number of likely N-dealkylation sites (tertiary alicyclic amines) is 1. The van der Waals surface area contributed by atoms with Crippen LogP contribution in [0.25, 0.3) is 0 Å². The van der Waals surface area contributed by atoms with Crippen LogP contribution in [0.15, 0.2) is 0 Å². The minimum atomic E-state index is -1.10. The van der Waals surface area contributed by atoms with Crippen molar-refractivity contribution in [1.29, 1.82) is 0 Å². The number of aliphatic hydroxyl groups is 1. The maximum atomic E-state index is 12.8. The average Bonchev–Trinajstić information content (AvgIpc) is 2.77. The minimum absolute atomic E-state index is 0.0198. The van der Waals surface area contributed by atoms with Crippen LogP contribution < -0.4 is 0 Å². The Bertz CT molecular complexity index is 375. The standard InChI is InChI=1S/C15H25NO3S/c1-12-14(3-8-19-9-4-14)2-7-16(12)13(17)15(18)5-10-20-11-6-15/h12,18H,2-11H2,1H3. The first-order chi connectivity index (χ1) is 9.57. The molecule has 0 aliphatic carbocycles. The lowest BCUT2D eigenvalue weighted by Gasteiger charge is -2.41. The Morgan fingerprint density at radius 3 is 2.50 bits per heavy atom. The second kappa shape index (κ2) is 5.50. The van der Waals surface area contributed by atoms with Crippen LogP contribution in [0.4, 0.5) is 0 Å². The highest BCUT2D eigenvalue weighted by molar-refractivity contribution is 7.99. The minimum Gasteiger partial charge on any atom is -0.381 e. The van der Waals surface area contributed by atoms with E-state index in [-0.39, 0.29) is 17.4 Å². The average molecular weight is 299 g/mol. The highest BCUT2D eigenvalue weighted by Gasteiger charge is 2.51. The number of carbonyl (C=O) groups is 1. The molecule has 1 N–H and O–H groups in total. The largest absolute Gasteiger partial charge is 0.381 e. The number of nitrogens with zero attached hydrogens (tertiary/aromatic N) is 1. The van der Waals surface area contributed by atoms with Crippen LogP contribution in [-0.2, 0) is 9.53 Å². The van der Waals surface area contributed by atoms with Crippen molar-refractivity contribution >= 4 is 17.7 Å². The number of ether oxygens (including phenoxy) is 1. The van der Waals surface area contributed by atoms with E-state index in [1.165, 1.54) is 0 Å². The first kappa shape index (κ1) is 14.7. The smallest absolute Gasteiger partial charge is 0.254 e. The third-order valence-corrected chi connectivity index (χ3v) is 6.66. The summed E-state index contributed by atoms with van der Waals surface area (Å²) in [6.07, 6.45) is 4.37. The van der Waals surface area contributed by atoms with Crippen molar-refractivity contribution < 1.29 is 14.6 Å². The number of carbonyl (C=O) groups excluding carboxylic acids is 1. The Balaban J connectivity index is 1.73. The summed E-state index contributed by atoms with van der Waals surface area (Å²) in [4.78, 5) is 14.8. The summed E-state index contributed by atoms with van der Waals surface area (Å²) in [7, 11) is 0. The van der Waals surface area contributed by atoms with Crippen molar-refractivity contribution in [2.75, 3.05) is 31.3 Å². The third kappa shape index (κ3) is 2.38. The van der Waals surface area contributed by atoms with Gasteiger partial charge in [0.25, 0.3) is 5.91 Å². The van der Waals surface area contributed by atoms with Crippen LogP contribution in [0.5, 0.6) is 0 Å². The van der Waals surface area contributed by atoms with E-state index in [0.717, 1.165) is 50.5 Å². The number of amides is 1. The van der Waals surface area contributed by atoms with Crippen molar-refractivity contribution in [2.24, 2.45) is 5.41 Å². The van der Waals surface area contributed by atoms with Gasteiger partial charge in [0, 0.05) is 25.8 Å². The molecule has 4 nitrogen and oxygen atoms in total. The Morgan fingerprint density at radius 2 is 1.85 bits per heavy atom. The number of hydrogen-bond acceptors (Lipinski definition) is 4. The summed E-state index contributed by atoms with van der Waals surface area (Å²) in [6.45, 7) is 4.59. The van der Waals surface area contributed by atoms with Gasteiger partial charge in [-0.1, -0.05) is 0 Å². The molecule has 0 aromatic carbocycles. The van der Waals surface area contributed by atoms with E-state index in [2.05, 4.69) is 6.92 Å². The van der Waals surface area contributed by atoms with E-state index in [9.17, 15) is 9.90 Å². The van der Waals surface area contributed by atoms with Gasteiger partial charge in [0.1, 0.15) is 5.60 Å². The maximum absolute atomic E-state index is 12.8. The fourth-order valence-electron chi connectivity index (χ4n) is 3.99. The Kier molecular flexibility index (Phi) is 4.04. The lowest BCUT2D eigenvalue weighted by Crippen LogP contribution is -2.54. The van der Waals surface area contributed by atoms with Gasteiger partial charge in [0.15, 0.2) is 0 Å². The van der Waals surface area contributed by atoms with Crippen LogP contribution >= 0.6 is 11.8 Å². The molecular weight excluding hydrogens is 274 g/mol. The lowest BCUT2D eigenvalue weighted by atomic mass is 9.74. The predicted octanol–water partition coefficient (Wildman–Crippen LogP) is 1.66. The summed E-state index contributed by atoms with van der Waals surface area (Å²) < 4.78 is 5.48. The van der Waals surface area contributed by atoms with E-state index >= 15 is 0 Å². The van der Waals surface area contributed by atoms with E-state index in [1.54, 1.807) is 0 Å². The first-order valence-electron chi connectivity index (χ1n) is 7.76. The normalized spacial score (nSPS) is 32.5. The Hall–Kier alpha value is -0.260. The molecule has 0 bridgehead atoms. The van der Waals surface area contributed by atoms with Crippen LogP contribution in [0, 0.1) is 5.41 Å². The van der Waals surface area contributed by atoms with Crippen molar-refractivity contribution in [3.63, 3.8) is 0 Å². The van der Waals surface area contributed by atoms with Crippen molar-refractivity contribution in [3.8, 4) is 0 Å². The first-order valence-corrected chi connectivity index (χ1v) is 8.92. The number of rotatable bonds is 1. The summed E-state index contributed by atoms with van der Waals surface area (Å²) in [5.41, 5.74) is -0.871. The zero-order valence-electron chi connectivity index (χ0n) is 12.3. The fraction of sp³-hybridized carbons (Fsp3) is 0.933. The van der Waals surface area contributed by atoms with E-state index in [4.69, 9.17) is 4.74 Å². The third-order valence-electron chi connectivity index (χ3n) is 5.67. The van der Waals surface area contributed by atoms with Gasteiger partial charge in [0.2, 0.25) is 0 Å². The molecule has 1 unspecified atom stereocenters. The summed E-state index contributed by atoms with van der Waals surface area (Å²) in [5.74, 6) is 1.76. The van der Waals surface area contributed by atoms with Crippen LogP contribution in [0.1, 0.15) is 39.0 Å². The van der Waals surface area contributed by atoms with Gasteiger partial charge in [-0.2, -0.15) is 11.8 Å². The molecule has 3 fully saturated rings. The highest BCUT2D eigenvalue weighted by atomic mass is 32.2. The maximum Gasteiger partial charge on any atom is 0.254 e. The second-order valence-electron chi connectivity index (χ2n) is 6.54. The lowest BCUT2D eigenvalue weighted by molar-refractivity contribution is -0.154. The van der Waals surface area contributed by atoms with Crippen LogP contribution in [0.3, 0.4) is 0 Å². The number of thioether (sulfide) groups is 1. The number of hydrogen-bond donors (Lipinski definition) is 1. The van der Waals surface area contributed by atoms with Gasteiger partial charge in [-0.25, -0.2) is 0 Å². The molecule has 3 aliphatic heterocycles. The molecule has 1 atom stereocenters. The van der Waals surface area contributed by atoms with Gasteiger partial charge < -0.3 is 14.7 Å². The van der Waals surface area contributed by atoms with Crippen molar-refractivity contribution in [2.45, 2.75) is 50.7 Å². The Morgan fingerprint density at radius 1 is 1.20 bits per heavy atom. The molecule has 114 valence electrons. The van der Waals surface area contributed by atoms with Gasteiger partial charge in [-0.05, 0) is 55.9 Å². The second-order valence-corrected chi connectivity index (χ2v) is 7.77. The van der Waals surface area contributed by atoms with Gasteiger partial charge >= 0.3 is 0 Å². The van der Waals surface area contributed by atoms with Gasteiger partial charge in [-0.3, -0.25) is 4.79 Å². The van der Waals surface area contributed by atoms with Crippen LogP contribution in [-0.4, -0.2) is 58.8 Å².